The van der Waals surface area contributed by atoms with E-state index in [1.54, 1.807) is 0 Å². The lowest BCUT2D eigenvalue weighted by molar-refractivity contribution is 0.0696. The zero-order chi connectivity index (χ0) is 14.4. The number of hydrogen-bond acceptors (Lipinski definition) is 3. The van der Waals surface area contributed by atoms with Crippen LogP contribution in [0.5, 0.6) is 11.5 Å². The largest absolute Gasteiger partial charge is 0.504 e. The van der Waals surface area contributed by atoms with E-state index in [9.17, 15) is 4.79 Å². The van der Waals surface area contributed by atoms with Crippen molar-refractivity contribution >= 4 is 5.97 Å². The van der Waals surface area contributed by atoms with E-state index in [4.69, 9.17) is 15.3 Å². The number of phenols is 2. The summed E-state index contributed by atoms with van der Waals surface area (Å²) in [6.45, 7) is 4.24. The maximum atomic E-state index is 10.3. The lowest BCUT2D eigenvalue weighted by atomic mass is 10.1. The van der Waals surface area contributed by atoms with Crippen molar-refractivity contribution in [3.8, 4) is 11.5 Å². The summed E-state index contributed by atoms with van der Waals surface area (Å²) in [6.07, 6.45) is 0. The van der Waals surface area contributed by atoms with Gasteiger partial charge in [0.25, 0.3) is 0 Å². The molecule has 0 saturated heterocycles. The maximum absolute atomic E-state index is 10.3. The van der Waals surface area contributed by atoms with Crippen LogP contribution in [0.2, 0.25) is 0 Å². The van der Waals surface area contributed by atoms with E-state index in [0.29, 0.717) is 0 Å². The second-order valence-electron chi connectivity index (χ2n) is 4.09. The molecule has 2 aromatic carbocycles. The quantitative estimate of drug-likeness (QED) is 0.688. The fourth-order valence-corrected chi connectivity index (χ4v) is 1.32. The average molecular weight is 260 g/mol. The summed E-state index contributed by atoms with van der Waals surface area (Å²) < 4.78 is 0. The number of benzene rings is 2. The molecule has 0 radical (unpaired) electrons. The number of aromatic carboxylic acids is 1. The highest BCUT2D eigenvalue weighted by Crippen LogP contribution is 2.24. The SMILES string of the molecule is Cc1ccccc1C.O=C(O)c1ccc(O)c(O)c1. The Balaban J connectivity index is 0.000000200. The molecule has 0 aliphatic rings. The Bertz CT molecular complexity index is 555. The van der Waals surface area contributed by atoms with E-state index in [1.807, 2.05) is 0 Å². The number of aryl methyl sites for hydroxylation is 2. The van der Waals surface area contributed by atoms with E-state index < -0.39 is 11.7 Å². The Kier molecular flexibility index (Phi) is 4.94. The van der Waals surface area contributed by atoms with Crippen LogP contribution in [0.4, 0.5) is 0 Å². The van der Waals surface area contributed by atoms with Crippen molar-refractivity contribution in [2.24, 2.45) is 0 Å². The molecule has 0 heterocycles. The first-order valence-electron chi connectivity index (χ1n) is 5.69. The van der Waals surface area contributed by atoms with Gasteiger partial charge in [0.1, 0.15) is 0 Å². The minimum atomic E-state index is -1.14. The molecule has 3 N–H and O–H groups in total. The highest BCUT2D eigenvalue weighted by molar-refractivity contribution is 5.88. The minimum absolute atomic E-state index is 0.0553. The van der Waals surface area contributed by atoms with Gasteiger partial charge in [-0.05, 0) is 43.2 Å². The van der Waals surface area contributed by atoms with Gasteiger partial charge >= 0.3 is 5.97 Å². The van der Waals surface area contributed by atoms with Gasteiger partial charge in [-0.2, -0.15) is 0 Å². The van der Waals surface area contributed by atoms with Gasteiger partial charge in [0.05, 0.1) is 5.56 Å². The van der Waals surface area contributed by atoms with E-state index in [0.717, 1.165) is 12.1 Å². The molecular formula is C15H16O4. The molecular weight excluding hydrogens is 244 g/mol. The first kappa shape index (κ1) is 14.6. The van der Waals surface area contributed by atoms with Crippen LogP contribution in [0, 0.1) is 13.8 Å². The summed E-state index contributed by atoms with van der Waals surface area (Å²) in [5.74, 6) is -1.89. The molecule has 4 heteroatoms. The number of carboxylic acid groups (broad SMARTS) is 1. The Morgan fingerprint density at radius 2 is 1.42 bits per heavy atom. The molecule has 4 nitrogen and oxygen atoms in total. The minimum Gasteiger partial charge on any atom is -0.504 e. The van der Waals surface area contributed by atoms with Crippen LogP contribution in [-0.4, -0.2) is 21.3 Å². The van der Waals surface area contributed by atoms with Crippen LogP contribution < -0.4 is 0 Å². The number of aromatic hydroxyl groups is 2. The first-order valence-corrected chi connectivity index (χ1v) is 5.69. The second-order valence-corrected chi connectivity index (χ2v) is 4.09. The average Bonchev–Trinajstić information content (AvgIpc) is 2.37. The van der Waals surface area contributed by atoms with Crippen molar-refractivity contribution < 1.29 is 20.1 Å². The predicted molar refractivity (Wildman–Crippen MR) is 72.6 cm³/mol. The molecule has 2 rings (SSSR count). The fraction of sp³-hybridized carbons (Fsp3) is 0.133. The first-order chi connectivity index (χ1) is 8.91. The van der Waals surface area contributed by atoms with E-state index in [-0.39, 0.29) is 11.3 Å². The Morgan fingerprint density at radius 3 is 1.79 bits per heavy atom. The summed E-state index contributed by atoms with van der Waals surface area (Å²) in [5, 5.41) is 26.0. The molecule has 0 atom stereocenters. The number of carbonyl (C=O) groups is 1. The Hall–Kier alpha value is -2.49. The van der Waals surface area contributed by atoms with Gasteiger partial charge in [-0.25, -0.2) is 4.79 Å². The molecule has 0 saturated carbocycles. The van der Waals surface area contributed by atoms with Gasteiger partial charge in [0.2, 0.25) is 0 Å². The zero-order valence-electron chi connectivity index (χ0n) is 10.8. The topological polar surface area (TPSA) is 77.8 Å². The van der Waals surface area contributed by atoms with Crippen LogP contribution in [0.3, 0.4) is 0 Å². The molecule has 0 amide bonds. The summed E-state index contributed by atoms with van der Waals surface area (Å²) >= 11 is 0. The predicted octanol–water partition coefficient (Wildman–Crippen LogP) is 3.10. The van der Waals surface area contributed by atoms with Crippen LogP contribution >= 0.6 is 0 Å². The van der Waals surface area contributed by atoms with Gasteiger partial charge in [-0.15, -0.1) is 0 Å². The third-order valence-corrected chi connectivity index (χ3v) is 2.65. The van der Waals surface area contributed by atoms with Crippen molar-refractivity contribution in [2.45, 2.75) is 13.8 Å². The molecule has 0 spiro atoms. The van der Waals surface area contributed by atoms with Crippen LogP contribution in [-0.2, 0) is 0 Å². The van der Waals surface area contributed by atoms with Gasteiger partial charge in [0.15, 0.2) is 11.5 Å². The maximum Gasteiger partial charge on any atom is 0.335 e. The Labute approximate surface area is 111 Å². The summed E-state index contributed by atoms with van der Waals surface area (Å²) in [4.78, 5) is 10.3. The second kappa shape index (κ2) is 6.44. The van der Waals surface area contributed by atoms with Gasteiger partial charge in [-0.3, -0.25) is 0 Å². The fourth-order valence-electron chi connectivity index (χ4n) is 1.32. The zero-order valence-corrected chi connectivity index (χ0v) is 10.8. The third kappa shape index (κ3) is 4.35. The van der Waals surface area contributed by atoms with Crippen LogP contribution in [0.1, 0.15) is 21.5 Å². The highest BCUT2D eigenvalue weighted by atomic mass is 16.4. The van der Waals surface area contributed by atoms with E-state index >= 15 is 0 Å². The van der Waals surface area contributed by atoms with Crippen molar-refractivity contribution in [1.82, 2.24) is 0 Å². The molecule has 0 aliphatic carbocycles. The normalized spacial score (nSPS) is 9.37. The standard InChI is InChI=1S/C8H10.C7H6O4/c1-7-5-3-4-6-8(7)2;8-5-2-1-4(7(10)11)3-6(5)9/h3-6H,1-2H3;1-3,8-9H,(H,10,11). The lowest BCUT2D eigenvalue weighted by Gasteiger charge is -1.97. The smallest absolute Gasteiger partial charge is 0.335 e. The molecule has 100 valence electrons. The molecule has 0 aliphatic heterocycles. The number of rotatable bonds is 1. The lowest BCUT2D eigenvalue weighted by Crippen LogP contribution is -1.94. The number of hydrogen-bond donors (Lipinski definition) is 3. The van der Waals surface area contributed by atoms with Crippen molar-refractivity contribution in [2.75, 3.05) is 0 Å². The van der Waals surface area contributed by atoms with Gasteiger partial charge in [-0.1, -0.05) is 24.3 Å². The molecule has 0 fully saturated rings. The van der Waals surface area contributed by atoms with Gasteiger partial charge in [0, 0.05) is 0 Å². The number of phenolic OH excluding ortho intramolecular Hbond substituents is 2. The van der Waals surface area contributed by atoms with Crippen LogP contribution in [0.15, 0.2) is 42.5 Å². The van der Waals surface area contributed by atoms with E-state index in [1.165, 1.54) is 17.2 Å². The Morgan fingerprint density at radius 1 is 0.895 bits per heavy atom. The summed E-state index contributed by atoms with van der Waals surface area (Å²) in [7, 11) is 0. The van der Waals surface area contributed by atoms with Crippen molar-refractivity contribution in [3.05, 3.63) is 59.2 Å². The molecule has 19 heavy (non-hydrogen) atoms. The van der Waals surface area contributed by atoms with Crippen molar-refractivity contribution in [3.63, 3.8) is 0 Å². The van der Waals surface area contributed by atoms with E-state index in [2.05, 4.69) is 38.1 Å². The highest BCUT2D eigenvalue weighted by Gasteiger charge is 2.05. The molecule has 0 bridgehead atoms. The monoisotopic (exact) mass is 260 g/mol. The number of carboxylic acids is 1. The summed E-state index contributed by atoms with van der Waals surface area (Å²) in [6, 6.07) is 11.7. The van der Waals surface area contributed by atoms with Gasteiger partial charge < -0.3 is 15.3 Å². The summed E-state index contributed by atoms with van der Waals surface area (Å²) in [5.41, 5.74) is 2.68. The third-order valence-electron chi connectivity index (χ3n) is 2.65. The van der Waals surface area contributed by atoms with Crippen LogP contribution in [0.25, 0.3) is 0 Å². The van der Waals surface area contributed by atoms with Crippen molar-refractivity contribution in [1.29, 1.82) is 0 Å². The molecule has 0 aromatic heterocycles. The molecule has 2 aromatic rings. The molecule has 0 unspecified atom stereocenters.